The summed E-state index contributed by atoms with van der Waals surface area (Å²) in [5, 5.41) is 3.32. The fraction of sp³-hybridized carbons (Fsp3) is 0.160. The van der Waals surface area contributed by atoms with E-state index in [4.69, 9.17) is 21.1 Å². The Balaban J connectivity index is 1.59. The van der Waals surface area contributed by atoms with Gasteiger partial charge in [0.05, 0.1) is 41.0 Å². The molecule has 4 aromatic rings. The molecule has 1 amide bonds. The normalized spacial score (nSPS) is 12.6. The monoisotopic (exact) mass is 493 g/mol. The summed E-state index contributed by atoms with van der Waals surface area (Å²) in [5.74, 6) is 0.259. The third-order valence-electron chi connectivity index (χ3n) is 5.66. The zero-order chi connectivity index (χ0) is 24.4. The highest BCUT2D eigenvalue weighted by Crippen LogP contribution is 2.37. The molecule has 0 spiro atoms. The van der Waals surface area contributed by atoms with E-state index in [2.05, 4.69) is 20.7 Å². The number of aromatic nitrogens is 3. The number of methoxy groups -OCH3 is 1. The number of benzene rings is 1. The first kappa shape index (κ1) is 22.7. The lowest BCUT2D eigenvalue weighted by atomic mass is 10.1. The van der Waals surface area contributed by atoms with Crippen molar-refractivity contribution >= 4 is 23.2 Å². The van der Waals surface area contributed by atoms with Gasteiger partial charge in [0.1, 0.15) is 23.9 Å². The second-order valence-electron chi connectivity index (χ2n) is 7.76. The number of para-hydroxylation sites is 1. The van der Waals surface area contributed by atoms with Gasteiger partial charge in [0.15, 0.2) is 5.75 Å². The van der Waals surface area contributed by atoms with Crippen molar-refractivity contribution in [3.05, 3.63) is 88.8 Å². The van der Waals surface area contributed by atoms with Crippen molar-refractivity contribution in [1.82, 2.24) is 20.0 Å². The Labute approximate surface area is 205 Å². The second kappa shape index (κ2) is 9.63. The minimum Gasteiger partial charge on any atom is -0.493 e. The van der Waals surface area contributed by atoms with Crippen molar-refractivity contribution in [2.24, 2.45) is 0 Å². The van der Waals surface area contributed by atoms with E-state index in [0.717, 1.165) is 5.69 Å². The smallest absolute Gasteiger partial charge is 0.253 e. The van der Waals surface area contributed by atoms with Crippen molar-refractivity contribution in [3.8, 4) is 22.8 Å². The van der Waals surface area contributed by atoms with Gasteiger partial charge in [0.25, 0.3) is 5.91 Å². The van der Waals surface area contributed by atoms with Crippen LogP contribution in [-0.2, 0) is 13.0 Å². The molecule has 5 rings (SSSR count). The van der Waals surface area contributed by atoms with Gasteiger partial charge >= 0.3 is 0 Å². The van der Waals surface area contributed by atoms with Gasteiger partial charge in [-0.1, -0.05) is 17.7 Å². The van der Waals surface area contributed by atoms with Crippen LogP contribution in [0.25, 0.3) is 11.3 Å². The van der Waals surface area contributed by atoms with Crippen LogP contribution in [-0.4, -0.2) is 34.2 Å². The first-order valence-electron chi connectivity index (χ1n) is 10.9. The highest BCUT2D eigenvalue weighted by Gasteiger charge is 2.26. The maximum Gasteiger partial charge on any atom is 0.253 e. The molecule has 1 aliphatic rings. The van der Waals surface area contributed by atoms with Gasteiger partial charge in [0.2, 0.25) is 0 Å². The number of pyridine rings is 2. The molecule has 0 aliphatic carbocycles. The Morgan fingerprint density at radius 2 is 2.09 bits per heavy atom. The van der Waals surface area contributed by atoms with E-state index in [1.807, 2.05) is 10.7 Å². The number of fused-ring (bicyclic) bond motifs is 1. The number of carbonyl (C=O) groups is 1. The topological polar surface area (TPSA) is 90.3 Å². The molecule has 1 aliphatic heterocycles. The summed E-state index contributed by atoms with van der Waals surface area (Å²) in [6.45, 7) is 0.421. The molecular weight excluding hydrogens is 473 g/mol. The number of anilines is 1. The molecule has 178 valence electrons. The Morgan fingerprint density at radius 3 is 2.91 bits per heavy atom. The maximum absolute atomic E-state index is 14.1. The standard InChI is InChI=1S/C25H21ClFN5O3/c1-34-24-17(26)4-2-6-19(24)31-32-21-8-11-30-25(33)16(21)12-22(32)15-7-10-28-13-23(15)35-14-20-18(27)5-3-9-29-20/h2-7,9-10,12-13,31H,8,11,14H2,1H3,(H,30,33). The zero-order valence-electron chi connectivity index (χ0n) is 18.7. The van der Waals surface area contributed by atoms with Crippen molar-refractivity contribution in [3.63, 3.8) is 0 Å². The van der Waals surface area contributed by atoms with Crippen molar-refractivity contribution in [2.45, 2.75) is 13.0 Å². The molecular formula is C25H21ClFN5O3. The summed E-state index contributed by atoms with van der Waals surface area (Å²) in [7, 11) is 1.54. The maximum atomic E-state index is 14.1. The Morgan fingerprint density at radius 1 is 1.20 bits per heavy atom. The van der Waals surface area contributed by atoms with E-state index >= 15 is 0 Å². The van der Waals surface area contributed by atoms with E-state index in [9.17, 15) is 9.18 Å². The van der Waals surface area contributed by atoms with Gasteiger partial charge < -0.3 is 14.8 Å². The molecule has 0 unspecified atom stereocenters. The first-order valence-corrected chi connectivity index (χ1v) is 11.2. The van der Waals surface area contributed by atoms with Gasteiger partial charge in [-0.05, 0) is 36.4 Å². The van der Waals surface area contributed by atoms with Gasteiger partial charge in [-0.3, -0.25) is 24.9 Å². The molecule has 35 heavy (non-hydrogen) atoms. The Hall–Kier alpha value is -4.11. The number of halogens is 2. The van der Waals surface area contributed by atoms with Crippen LogP contribution in [0.15, 0.2) is 61.1 Å². The van der Waals surface area contributed by atoms with Gasteiger partial charge in [-0.25, -0.2) is 4.39 Å². The number of hydrogen-bond donors (Lipinski definition) is 2. The summed E-state index contributed by atoms with van der Waals surface area (Å²) in [6, 6.07) is 11.8. The molecule has 0 bridgehead atoms. The highest BCUT2D eigenvalue weighted by atomic mass is 35.5. The fourth-order valence-electron chi connectivity index (χ4n) is 4.01. The van der Waals surface area contributed by atoms with E-state index in [1.54, 1.807) is 36.7 Å². The molecule has 0 radical (unpaired) electrons. The first-order chi connectivity index (χ1) is 17.1. The lowest BCUT2D eigenvalue weighted by Gasteiger charge is -2.21. The molecule has 0 saturated heterocycles. The zero-order valence-corrected chi connectivity index (χ0v) is 19.5. The van der Waals surface area contributed by atoms with Crippen LogP contribution in [0.2, 0.25) is 5.02 Å². The van der Waals surface area contributed by atoms with Crippen LogP contribution >= 0.6 is 11.6 Å². The number of nitrogens with one attached hydrogen (secondary N) is 2. The fourth-order valence-corrected chi connectivity index (χ4v) is 4.26. The lowest BCUT2D eigenvalue weighted by Crippen LogP contribution is -2.33. The number of hydrogen-bond acceptors (Lipinski definition) is 6. The molecule has 0 atom stereocenters. The SMILES string of the molecule is COc1c(Cl)cccc1Nn1c(-c2ccncc2OCc2ncccc2F)cc2c1CCNC2=O. The number of ether oxygens (including phenoxy) is 2. The average molecular weight is 494 g/mol. The van der Waals surface area contributed by atoms with Crippen LogP contribution < -0.4 is 20.2 Å². The van der Waals surface area contributed by atoms with Gasteiger partial charge in [-0.2, -0.15) is 0 Å². The van der Waals surface area contributed by atoms with Gasteiger partial charge in [-0.15, -0.1) is 0 Å². The molecule has 8 nitrogen and oxygen atoms in total. The Kier molecular flexibility index (Phi) is 6.24. The molecule has 0 saturated carbocycles. The molecule has 3 aromatic heterocycles. The quantitative estimate of drug-likeness (QED) is 0.394. The van der Waals surface area contributed by atoms with Crippen molar-refractivity contribution in [2.75, 3.05) is 19.1 Å². The molecule has 0 fully saturated rings. The summed E-state index contributed by atoms with van der Waals surface area (Å²) in [4.78, 5) is 20.9. The van der Waals surface area contributed by atoms with Crippen LogP contribution in [0.3, 0.4) is 0 Å². The summed E-state index contributed by atoms with van der Waals surface area (Å²) in [5.41, 5.74) is 6.81. The van der Waals surface area contributed by atoms with Crippen LogP contribution in [0.1, 0.15) is 21.7 Å². The minimum atomic E-state index is -0.455. The molecule has 1 aromatic carbocycles. The highest BCUT2D eigenvalue weighted by molar-refractivity contribution is 6.32. The second-order valence-corrected chi connectivity index (χ2v) is 8.16. The summed E-state index contributed by atoms with van der Waals surface area (Å²) in [6.07, 6.45) is 5.29. The minimum absolute atomic E-state index is 0.0815. The van der Waals surface area contributed by atoms with Gasteiger partial charge in [0, 0.05) is 30.9 Å². The third-order valence-corrected chi connectivity index (χ3v) is 5.96. The molecule has 4 heterocycles. The van der Waals surface area contributed by atoms with Crippen LogP contribution in [0, 0.1) is 5.82 Å². The van der Waals surface area contributed by atoms with Crippen LogP contribution in [0.5, 0.6) is 11.5 Å². The third kappa shape index (κ3) is 4.38. The van der Waals surface area contributed by atoms with Crippen molar-refractivity contribution in [1.29, 1.82) is 0 Å². The van der Waals surface area contributed by atoms with E-state index < -0.39 is 5.82 Å². The molecule has 2 N–H and O–H groups in total. The number of carbonyl (C=O) groups excluding carboxylic acids is 1. The summed E-state index contributed by atoms with van der Waals surface area (Å²) < 4.78 is 27.3. The Bertz CT molecular complexity index is 1410. The predicted octanol–water partition coefficient (Wildman–Crippen LogP) is 4.49. The number of nitrogens with zero attached hydrogens (tertiary/aromatic N) is 3. The summed E-state index contributed by atoms with van der Waals surface area (Å²) >= 11 is 6.33. The average Bonchev–Trinajstić information content (AvgIpc) is 3.23. The number of amides is 1. The van der Waals surface area contributed by atoms with E-state index in [1.165, 1.54) is 25.4 Å². The van der Waals surface area contributed by atoms with Crippen LogP contribution in [0.4, 0.5) is 10.1 Å². The van der Waals surface area contributed by atoms with Crippen molar-refractivity contribution < 1.29 is 18.7 Å². The largest absolute Gasteiger partial charge is 0.493 e. The molecule has 10 heteroatoms. The predicted molar refractivity (Wildman–Crippen MR) is 129 cm³/mol. The lowest BCUT2D eigenvalue weighted by molar-refractivity contribution is 0.0945. The number of rotatable bonds is 7. The van der Waals surface area contributed by atoms with E-state index in [-0.39, 0.29) is 18.2 Å². The van der Waals surface area contributed by atoms with E-state index in [0.29, 0.717) is 52.0 Å².